The Morgan fingerprint density at radius 3 is 2.43 bits per heavy atom. The van der Waals surface area contributed by atoms with Crippen molar-refractivity contribution in [3.8, 4) is 0 Å². The summed E-state index contributed by atoms with van der Waals surface area (Å²) in [6.07, 6.45) is 0.522. The first-order valence-corrected chi connectivity index (χ1v) is 10.1. The molecule has 156 valence electrons. The Morgan fingerprint density at radius 1 is 1.10 bits per heavy atom. The number of amides is 2. The van der Waals surface area contributed by atoms with Crippen LogP contribution >= 0.6 is 0 Å². The van der Waals surface area contributed by atoms with Crippen molar-refractivity contribution in [1.82, 2.24) is 14.9 Å². The first kappa shape index (κ1) is 21.3. The molecule has 1 aromatic heterocycles. The number of benzene rings is 2. The molecule has 1 heterocycles. The van der Waals surface area contributed by atoms with Gasteiger partial charge in [-0.2, -0.15) is 0 Å². The first-order valence-electron chi connectivity index (χ1n) is 10.1. The van der Waals surface area contributed by atoms with E-state index in [9.17, 15) is 9.59 Å². The number of nitrogens with zero attached hydrogens (tertiary/aromatic N) is 3. The zero-order chi connectivity index (χ0) is 21.7. The molecule has 0 bridgehead atoms. The van der Waals surface area contributed by atoms with Gasteiger partial charge in [0.05, 0.1) is 11.0 Å². The zero-order valence-corrected chi connectivity index (χ0v) is 17.8. The van der Waals surface area contributed by atoms with Crippen LogP contribution in [0.2, 0.25) is 0 Å². The van der Waals surface area contributed by atoms with Crippen LogP contribution in [-0.2, 0) is 22.6 Å². The van der Waals surface area contributed by atoms with E-state index in [1.807, 2.05) is 73.0 Å². The van der Waals surface area contributed by atoms with E-state index in [4.69, 9.17) is 4.98 Å². The van der Waals surface area contributed by atoms with Crippen molar-refractivity contribution < 1.29 is 9.59 Å². The zero-order valence-electron chi connectivity index (χ0n) is 17.8. The minimum Gasteiger partial charge on any atom is -0.352 e. The molecule has 2 aromatic carbocycles. The third-order valence-corrected chi connectivity index (χ3v) is 4.87. The number of hydrogen-bond acceptors (Lipinski definition) is 3. The Kier molecular flexibility index (Phi) is 6.67. The molecule has 0 aliphatic carbocycles. The third kappa shape index (κ3) is 4.76. The maximum atomic E-state index is 13.3. The van der Waals surface area contributed by atoms with Crippen molar-refractivity contribution in [2.45, 2.75) is 39.8 Å². The molecule has 0 aliphatic rings. The summed E-state index contributed by atoms with van der Waals surface area (Å²) in [5, 5.41) is 2.84. The van der Waals surface area contributed by atoms with Gasteiger partial charge in [0.25, 0.3) is 0 Å². The van der Waals surface area contributed by atoms with Crippen molar-refractivity contribution in [3.63, 3.8) is 0 Å². The summed E-state index contributed by atoms with van der Waals surface area (Å²) in [5.74, 6) is 0.582. The van der Waals surface area contributed by atoms with Crippen molar-refractivity contribution in [1.29, 1.82) is 0 Å². The molecule has 3 aromatic rings. The number of carbonyl (C=O) groups excluding carboxylic acids is 2. The van der Waals surface area contributed by atoms with E-state index in [0.29, 0.717) is 18.5 Å². The minimum absolute atomic E-state index is 0.00780. The van der Waals surface area contributed by atoms with E-state index in [1.54, 1.807) is 11.8 Å². The van der Waals surface area contributed by atoms with Gasteiger partial charge in [0, 0.05) is 30.3 Å². The monoisotopic (exact) mass is 404 g/mol. The molecule has 0 aliphatic heterocycles. The Hall–Kier alpha value is -3.41. The van der Waals surface area contributed by atoms with Crippen molar-refractivity contribution in [3.05, 3.63) is 72.6 Å². The second-order valence-electron chi connectivity index (χ2n) is 7.58. The second kappa shape index (κ2) is 9.39. The van der Waals surface area contributed by atoms with Gasteiger partial charge in [-0.05, 0) is 45.0 Å². The highest BCUT2D eigenvalue weighted by Crippen LogP contribution is 2.20. The van der Waals surface area contributed by atoms with E-state index < -0.39 is 0 Å². The van der Waals surface area contributed by atoms with Gasteiger partial charge in [-0.3, -0.25) is 9.59 Å². The summed E-state index contributed by atoms with van der Waals surface area (Å²) < 4.78 is 1.95. The van der Waals surface area contributed by atoms with Gasteiger partial charge in [-0.15, -0.1) is 0 Å². The topological polar surface area (TPSA) is 67.2 Å². The molecule has 6 nitrogen and oxygen atoms in total. The van der Waals surface area contributed by atoms with Gasteiger partial charge in [-0.25, -0.2) is 4.98 Å². The average molecular weight is 405 g/mol. The number of anilines is 1. The number of aromatic nitrogens is 2. The van der Waals surface area contributed by atoms with Crippen LogP contribution in [0.5, 0.6) is 0 Å². The molecule has 0 saturated carbocycles. The molecule has 2 amide bonds. The lowest BCUT2D eigenvalue weighted by Crippen LogP contribution is -2.39. The van der Waals surface area contributed by atoms with Crippen LogP contribution in [-0.4, -0.2) is 34.0 Å². The Balaban J connectivity index is 1.87. The molecule has 30 heavy (non-hydrogen) atoms. The summed E-state index contributed by atoms with van der Waals surface area (Å²) in [5.41, 5.74) is 3.08. The van der Waals surface area contributed by atoms with Crippen LogP contribution in [0.25, 0.3) is 11.0 Å². The molecule has 0 fully saturated rings. The van der Waals surface area contributed by atoms with Crippen LogP contribution in [0, 0.1) is 0 Å². The number of carbonyl (C=O) groups is 2. The van der Waals surface area contributed by atoms with Crippen LogP contribution in [0.1, 0.15) is 26.6 Å². The Morgan fingerprint density at radius 2 is 1.77 bits per heavy atom. The maximum Gasteiger partial charge on any atom is 0.247 e. The van der Waals surface area contributed by atoms with E-state index >= 15 is 0 Å². The average Bonchev–Trinajstić information content (AvgIpc) is 3.06. The first-order chi connectivity index (χ1) is 14.4. The molecule has 1 N–H and O–H groups in total. The molecular weight excluding hydrogens is 376 g/mol. The van der Waals surface area contributed by atoms with Crippen molar-refractivity contribution >= 4 is 28.5 Å². The number of nitrogens with one attached hydrogen (secondary N) is 1. The maximum absolute atomic E-state index is 13.3. The smallest absolute Gasteiger partial charge is 0.247 e. The minimum atomic E-state index is -0.177. The lowest BCUT2D eigenvalue weighted by atomic mass is 10.2. The van der Waals surface area contributed by atoms with Gasteiger partial charge < -0.3 is 14.8 Å². The quantitative estimate of drug-likeness (QED) is 0.582. The highest BCUT2D eigenvalue weighted by molar-refractivity contribution is 5.94. The fraction of sp³-hybridized carbons (Fsp3) is 0.292. The highest BCUT2D eigenvalue weighted by atomic mass is 16.2. The predicted molar refractivity (Wildman–Crippen MR) is 120 cm³/mol. The Bertz CT molecular complexity index is 1050. The van der Waals surface area contributed by atoms with Crippen molar-refractivity contribution in [2.24, 2.45) is 0 Å². The molecular formula is C24H28N4O2. The van der Waals surface area contributed by atoms with Crippen LogP contribution in [0.15, 0.2) is 66.7 Å². The van der Waals surface area contributed by atoms with Gasteiger partial charge in [0.1, 0.15) is 12.4 Å². The largest absolute Gasteiger partial charge is 0.352 e. The fourth-order valence-corrected chi connectivity index (χ4v) is 3.46. The fourth-order valence-electron chi connectivity index (χ4n) is 3.46. The van der Waals surface area contributed by atoms with E-state index in [2.05, 4.69) is 11.9 Å². The normalized spacial score (nSPS) is 10.9. The number of fused-ring (bicyclic) bond motifs is 1. The summed E-state index contributed by atoms with van der Waals surface area (Å²) >= 11 is 0. The van der Waals surface area contributed by atoms with Crippen molar-refractivity contribution in [2.75, 3.05) is 11.4 Å². The summed E-state index contributed by atoms with van der Waals surface area (Å²) in [6.45, 7) is 9.94. The highest BCUT2D eigenvalue weighted by Gasteiger charge is 2.21. The third-order valence-electron chi connectivity index (χ3n) is 4.87. The summed E-state index contributed by atoms with van der Waals surface area (Å²) in [6, 6.07) is 17.5. The molecule has 0 unspecified atom stereocenters. The SMILES string of the molecule is C=C(C)C(=O)NCCc1nc2ccccc2n1CC(=O)N(c1ccccc1)C(C)C. The Labute approximate surface area is 177 Å². The molecule has 0 saturated heterocycles. The summed E-state index contributed by atoms with van der Waals surface area (Å²) in [4.78, 5) is 31.6. The molecule has 0 spiro atoms. The summed E-state index contributed by atoms with van der Waals surface area (Å²) in [7, 11) is 0. The predicted octanol–water partition coefficient (Wildman–Crippen LogP) is 3.71. The van der Waals surface area contributed by atoms with E-state index in [-0.39, 0.29) is 24.4 Å². The molecule has 0 atom stereocenters. The van der Waals surface area contributed by atoms with E-state index in [0.717, 1.165) is 22.5 Å². The number of rotatable bonds is 8. The number of hydrogen-bond donors (Lipinski definition) is 1. The molecule has 0 radical (unpaired) electrons. The van der Waals surface area contributed by atoms with Gasteiger partial charge in [-0.1, -0.05) is 36.9 Å². The number of imidazole rings is 1. The van der Waals surface area contributed by atoms with Crippen LogP contribution < -0.4 is 10.2 Å². The van der Waals surface area contributed by atoms with Gasteiger partial charge in [0.15, 0.2) is 0 Å². The van der Waals surface area contributed by atoms with Gasteiger partial charge in [0.2, 0.25) is 11.8 Å². The molecule has 6 heteroatoms. The lowest BCUT2D eigenvalue weighted by molar-refractivity contribution is -0.119. The molecule has 3 rings (SSSR count). The second-order valence-corrected chi connectivity index (χ2v) is 7.58. The van der Waals surface area contributed by atoms with E-state index in [1.165, 1.54) is 0 Å². The lowest BCUT2D eigenvalue weighted by Gasteiger charge is -2.27. The van der Waals surface area contributed by atoms with Gasteiger partial charge >= 0.3 is 0 Å². The van der Waals surface area contributed by atoms with Crippen LogP contribution in [0.4, 0.5) is 5.69 Å². The number of para-hydroxylation sites is 3. The van der Waals surface area contributed by atoms with Crippen LogP contribution in [0.3, 0.4) is 0 Å². The standard InChI is InChI=1S/C24H28N4O2/c1-17(2)24(30)25-15-14-22-26-20-12-8-9-13-21(20)27(22)16-23(29)28(18(3)4)19-10-6-5-7-11-19/h5-13,18H,1,14-16H2,2-4H3,(H,25,30).